The maximum absolute atomic E-state index is 11.6. The first-order valence-corrected chi connectivity index (χ1v) is 7.72. The van der Waals surface area contributed by atoms with Gasteiger partial charge in [-0.15, -0.1) is 12.4 Å². The molecule has 0 aliphatic carbocycles. The zero-order chi connectivity index (χ0) is 12.9. The number of halogens is 1. The van der Waals surface area contributed by atoms with Crippen molar-refractivity contribution in [2.24, 2.45) is 5.41 Å². The van der Waals surface area contributed by atoms with E-state index in [4.69, 9.17) is 4.74 Å². The fourth-order valence-corrected chi connectivity index (χ4v) is 3.05. The number of methoxy groups -OCH3 is 1. The molecule has 1 rings (SSSR count). The molecule has 1 fully saturated rings. The first-order valence-electron chi connectivity index (χ1n) is 6.07. The molecule has 0 aromatic rings. The van der Waals surface area contributed by atoms with Gasteiger partial charge in [0, 0.05) is 19.7 Å². The zero-order valence-electron chi connectivity index (χ0n) is 11.4. The number of rotatable bonds is 6. The topological polar surface area (TPSA) is 67.4 Å². The second-order valence-electron chi connectivity index (χ2n) is 5.26. The van der Waals surface area contributed by atoms with Crippen LogP contribution in [0, 0.1) is 5.41 Å². The quantitative estimate of drug-likeness (QED) is 0.760. The van der Waals surface area contributed by atoms with Gasteiger partial charge < -0.3 is 10.1 Å². The smallest absolute Gasteiger partial charge is 0.213 e. The van der Waals surface area contributed by atoms with Crippen LogP contribution < -0.4 is 10.0 Å². The molecule has 1 heterocycles. The highest BCUT2D eigenvalue weighted by Crippen LogP contribution is 2.29. The predicted molar refractivity (Wildman–Crippen MR) is 75.7 cm³/mol. The van der Waals surface area contributed by atoms with Gasteiger partial charge in [0.2, 0.25) is 10.0 Å². The third-order valence-electron chi connectivity index (χ3n) is 3.40. The molecule has 0 aromatic heterocycles. The van der Waals surface area contributed by atoms with Crippen LogP contribution in [-0.4, -0.2) is 47.0 Å². The Balaban J connectivity index is 0.00000289. The summed E-state index contributed by atoms with van der Waals surface area (Å²) in [7, 11) is -1.71. The monoisotopic (exact) mass is 300 g/mol. The fourth-order valence-electron chi connectivity index (χ4n) is 2.09. The Hall–Kier alpha value is 0.120. The van der Waals surface area contributed by atoms with E-state index in [9.17, 15) is 8.42 Å². The van der Waals surface area contributed by atoms with Gasteiger partial charge in [-0.1, -0.05) is 13.8 Å². The largest absolute Gasteiger partial charge is 0.384 e. The first-order chi connectivity index (χ1) is 7.87. The van der Waals surface area contributed by atoms with Crippen LogP contribution in [0.25, 0.3) is 0 Å². The lowest BCUT2D eigenvalue weighted by Crippen LogP contribution is -2.53. The van der Waals surface area contributed by atoms with Crippen molar-refractivity contribution in [3.63, 3.8) is 0 Å². The molecule has 1 unspecified atom stereocenters. The highest BCUT2D eigenvalue weighted by molar-refractivity contribution is 7.89. The van der Waals surface area contributed by atoms with Crippen LogP contribution >= 0.6 is 12.4 Å². The van der Waals surface area contributed by atoms with Gasteiger partial charge in [-0.05, 0) is 24.8 Å². The second-order valence-corrected chi connectivity index (χ2v) is 7.19. The average molecular weight is 301 g/mol. The van der Waals surface area contributed by atoms with E-state index in [0.717, 1.165) is 19.4 Å². The second kappa shape index (κ2) is 7.65. The molecule has 0 amide bonds. The average Bonchev–Trinajstić information content (AvgIpc) is 2.24. The van der Waals surface area contributed by atoms with Crippen molar-refractivity contribution in [2.75, 3.05) is 32.6 Å². The SMILES string of the molecule is COCCS(=O)(=O)NCC1NCCCC1(C)C.Cl. The molecule has 0 saturated carbocycles. The zero-order valence-corrected chi connectivity index (χ0v) is 13.0. The van der Waals surface area contributed by atoms with E-state index in [2.05, 4.69) is 23.9 Å². The van der Waals surface area contributed by atoms with Crippen LogP contribution in [-0.2, 0) is 14.8 Å². The molecule has 110 valence electrons. The third kappa shape index (κ3) is 5.84. The number of nitrogens with one attached hydrogen (secondary N) is 2. The first kappa shape index (κ1) is 18.1. The van der Waals surface area contributed by atoms with Gasteiger partial charge in [0.15, 0.2) is 0 Å². The van der Waals surface area contributed by atoms with Crippen LogP contribution in [0.2, 0.25) is 0 Å². The van der Waals surface area contributed by atoms with Gasteiger partial charge in [0.05, 0.1) is 12.4 Å². The molecular weight excluding hydrogens is 276 g/mol. The van der Waals surface area contributed by atoms with Gasteiger partial charge >= 0.3 is 0 Å². The van der Waals surface area contributed by atoms with E-state index in [1.54, 1.807) is 0 Å². The van der Waals surface area contributed by atoms with E-state index in [1.807, 2.05) is 0 Å². The molecule has 0 bridgehead atoms. The molecule has 0 spiro atoms. The maximum Gasteiger partial charge on any atom is 0.213 e. The summed E-state index contributed by atoms with van der Waals surface area (Å²) in [5.74, 6) is 0.0245. The van der Waals surface area contributed by atoms with Crippen LogP contribution in [0.4, 0.5) is 0 Å². The van der Waals surface area contributed by atoms with Gasteiger partial charge in [-0.25, -0.2) is 13.1 Å². The Kier molecular flexibility index (Phi) is 7.70. The lowest BCUT2D eigenvalue weighted by atomic mass is 9.78. The molecule has 0 radical (unpaired) electrons. The Labute approximate surface area is 117 Å². The molecule has 7 heteroatoms. The van der Waals surface area contributed by atoms with Crippen LogP contribution in [0.15, 0.2) is 0 Å². The van der Waals surface area contributed by atoms with E-state index in [-0.39, 0.29) is 36.2 Å². The molecule has 1 saturated heterocycles. The van der Waals surface area contributed by atoms with Gasteiger partial charge in [0.25, 0.3) is 0 Å². The lowest BCUT2D eigenvalue weighted by molar-refractivity contribution is 0.181. The Morgan fingerprint density at radius 1 is 1.44 bits per heavy atom. The van der Waals surface area contributed by atoms with Crippen LogP contribution in [0.5, 0.6) is 0 Å². The van der Waals surface area contributed by atoms with Crippen molar-refractivity contribution < 1.29 is 13.2 Å². The van der Waals surface area contributed by atoms with Crippen molar-refractivity contribution in [1.29, 1.82) is 0 Å². The standard InChI is InChI=1S/C11H24N2O3S.ClH/c1-11(2)5-4-6-12-10(11)9-13-17(14,15)8-7-16-3;/h10,12-13H,4-9H2,1-3H3;1H. The summed E-state index contributed by atoms with van der Waals surface area (Å²) in [6, 6.07) is 0.202. The number of piperidine rings is 1. The van der Waals surface area contributed by atoms with Crippen LogP contribution in [0.3, 0.4) is 0 Å². The Morgan fingerprint density at radius 3 is 2.67 bits per heavy atom. The minimum absolute atomic E-state index is 0. The number of ether oxygens (including phenoxy) is 1. The van der Waals surface area contributed by atoms with Crippen molar-refractivity contribution in [2.45, 2.75) is 32.7 Å². The number of sulfonamides is 1. The summed E-state index contributed by atoms with van der Waals surface area (Å²) >= 11 is 0. The van der Waals surface area contributed by atoms with E-state index >= 15 is 0 Å². The Morgan fingerprint density at radius 2 is 2.11 bits per heavy atom. The maximum atomic E-state index is 11.6. The van der Waals surface area contributed by atoms with Crippen molar-refractivity contribution in [1.82, 2.24) is 10.0 Å². The minimum Gasteiger partial charge on any atom is -0.384 e. The summed E-state index contributed by atoms with van der Waals surface area (Å²) in [5.41, 5.74) is 0.141. The lowest BCUT2D eigenvalue weighted by Gasteiger charge is -2.39. The molecule has 1 atom stereocenters. The van der Waals surface area contributed by atoms with Gasteiger partial charge in [0.1, 0.15) is 0 Å². The molecular formula is C11H25ClN2O3S. The van der Waals surface area contributed by atoms with Crippen molar-refractivity contribution >= 4 is 22.4 Å². The molecule has 2 N–H and O–H groups in total. The normalized spacial score (nSPS) is 23.4. The van der Waals surface area contributed by atoms with Gasteiger partial charge in [-0.3, -0.25) is 0 Å². The highest BCUT2D eigenvalue weighted by atomic mass is 35.5. The minimum atomic E-state index is -3.21. The van der Waals surface area contributed by atoms with Crippen molar-refractivity contribution in [3.8, 4) is 0 Å². The molecule has 0 aromatic carbocycles. The van der Waals surface area contributed by atoms with E-state index in [0.29, 0.717) is 6.54 Å². The highest BCUT2D eigenvalue weighted by Gasteiger charge is 2.32. The summed E-state index contributed by atoms with van der Waals surface area (Å²) < 4.78 is 30.7. The summed E-state index contributed by atoms with van der Waals surface area (Å²) in [5, 5.41) is 3.38. The van der Waals surface area contributed by atoms with Gasteiger partial charge in [-0.2, -0.15) is 0 Å². The number of hydrogen-bond acceptors (Lipinski definition) is 4. The summed E-state index contributed by atoms with van der Waals surface area (Å²) in [6.45, 7) is 6.00. The Bertz CT molecular complexity index is 333. The molecule has 1 aliphatic heterocycles. The predicted octanol–water partition coefficient (Wildman–Crippen LogP) is 0.752. The van der Waals surface area contributed by atoms with Crippen LogP contribution in [0.1, 0.15) is 26.7 Å². The molecule has 5 nitrogen and oxygen atoms in total. The van der Waals surface area contributed by atoms with E-state index < -0.39 is 10.0 Å². The fraction of sp³-hybridized carbons (Fsp3) is 1.00. The van der Waals surface area contributed by atoms with Crippen molar-refractivity contribution in [3.05, 3.63) is 0 Å². The van der Waals surface area contributed by atoms with E-state index in [1.165, 1.54) is 7.11 Å². The molecule has 1 aliphatic rings. The molecule has 18 heavy (non-hydrogen) atoms. The third-order valence-corrected chi connectivity index (χ3v) is 4.71. The summed E-state index contributed by atoms with van der Waals surface area (Å²) in [6.07, 6.45) is 2.28. The number of hydrogen-bond donors (Lipinski definition) is 2. The summed E-state index contributed by atoms with van der Waals surface area (Å²) in [4.78, 5) is 0.